The van der Waals surface area contributed by atoms with Crippen LogP contribution in [0.2, 0.25) is 0 Å². The number of para-hydroxylation sites is 2. The van der Waals surface area contributed by atoms with E-state index in [1.54, 1.807) is 0 Å². The molecule has 1 unspecified atom stereocenters. The van der Waals surface area contributed by atoms with Gasteiger partial charge in [-0.15, -0.1) is 0 Å². The van der Waals surface area contributed by atoms with Gasteiger partial charge in [0.2, 0.25) is 5.69 Å². The largest absolute Gasteiger partial charge is 0.750 e. The van der Waals surface area contributed by atoms with Crippen LogP contribution >= 0.6 is 0 Å². The van der Waals surface area contributed by atoms with Gasteiger partial charge in [0.1, 0.15) is 6.54 Å². The third-order valence-corrected chi connectivity index (χ3v) is 9.46. The second-order valence-electron chi connectivity index (χ2n) is 12.0. The Kier molecular flexibility index (Phi) is 10.6. The molecule has 1 atom stereocenters. The molecule has 0 aromatic heterocycles. The lowest BCUT2D eigenvalue weighted by Crippen LogP contribution is -2.28. The van der Waals surface area contributed by atoms with Gasteiger partial charge in [-0.25, -0.2) is 12.6 Å². The van der Waals surface area contributed by atoms with Crippen molar-refractivity contribution in [2.45, 2.75) is 64.2 Å². The summed E-state index contributed by atoms with van der Waals surface area (Å²) in [6, 6.07) is 16.6. The van der Waals surface area contributed by atoms with Crippen LogP contribution in [-0.2, 0) is 36.5 Å². The molecule has 10 heteroatoms. The molecule has 2 aromatic rings. The van der Waals surface area contributed by atoms with E-state index >= 15 is 0 Å². The van der Waals surface area contributed by atoms with Crippen molar-refractivity contribution in [2.75, 3.05) is 30.3 Å². The topological polar surface area (TPSA) is 113 Å². The Morgan fingerprint density at radius 2 is 1.60 bits per heavy atom. The van der Waals surface area contributed by atoms with E-state index in [9.17, 15) is 21.7 Å². The summed E-state index contributed by atoms with van der Waals surface area (Å²) in [5.41, 5.74) is 6.59. The van der Waals surface area contributed by atoms with E-state index in [1.165, 1.54) is 16.8 Å². The number of benzene rings is 2. The first kappa shape index (κ1) is 33.0. The lowest BCUT2D eigenvalue weighted by atomic mass is 9.81. The number of fused-ring (bicyclic) bond motifs is 2. The average molecular weight is 626 g/mol. The SMILES string of the molecule is CC1(C)C(/C=C/C=C/C=C2/N(CCCCS(=O)(=O)[O-])c3ccccc3C2(C)C)=[N+](CCCCOS(=O)[O-])c2ccccc21. The van der Waals surface area contributed by atoms with Crippen molar-refractivity contribution in [1.82, 2.24) is 0 Å². The van der Waals surface area contributed by atoms with Crippen molar-refractivity contribution in [3.8, 4) is 0 Å². The van der Waals surface area contributed by atoms with E-state index in [2.05, 4.69) is 89.9 Å². The molecule has 2 heterocycles. The van der Waals surface area contributed by atoms with E-state index in [-0.39, 0.29) is 23.2 Å². The van der Waals surface area contributed by atoms with E-state index in [4.69, 9.17) is 0 Å². The fourth-order valence-corrected chi connectivity index (χ4v) is 6.98. The predicted octanol–water partition coefficient (Wildman–Crippen LogP) is 5.77. The molecule has 232 valence electrons. The van der Waals surface area contributed by atoms with Gasteiger partial charge in [0.25, 0.3) is 0 Å². The first-order valence-corrected chi connectivity index (χ1v) is 17.2. The molecule has 43 heavy (non-hydrogen) atoms. The van der Waals surface area contributed by atoms with E-state index in [0.717, 1.165) is 30.0 Å². The molecule has 0 N–H and O–H groups in total. The highest BCUT2D eigenvalue weighted by Crippen LogP contribution is 2.47. The van der Waals surface area contributed by atoms with Crippen LogP contribution in [0, 0.1) is 0 Å². The van der Waals surface area contributed by atoms with Gasteiger partial charge >= 0.3 is 0 Å². The second-order valence-corrected chi connectivity index (χ2v) is 14.1. The van der Waals surface area contributed by atoms with Crippen LogP contribution in [0.15, 0.2) is 84.6 Å². The average Bonchev–Trinajstić information content (AvgIpc) is 3.29. The fourth-order valence-electron chi connectivity index (χ4n) is 6.17. The van der Waals surface area contributed by atoms with Crippen LogP contribution in [0.3, 0.4) is 0 Å². The summed E-state index contributed by atoms with van der Waals surface area (Å²) in [5.74, 6) is -0.347. The summed E-state index contributed by atoms with van der Waals surface area (Å²) in [4.78, 5) is 2.24. The van der Waals surface area contributed by atoms with E-state index in [1.807, 2.05) is 30.4 Å². The molecular weight excluding hydrogens is 585 g/mol. The van der Waals surface area contributed by atoms with Crippen LogP contribution in [0.5, 0.6) is 0 Å². The molecule has 0 spiro atoms. The summed E-state index contributed by atoms with van der Waals surface area (Å²) < 4.78 is 61.6. The molecule has 0 aliphatic carbocycles. The summed E-state index contributed by atoms with van der Waals surface area (Å²) >= 11 is -2.49. The molecule has 2 aromatic carbocycles. The number of hydrogen-bond acceptors (Lipinski definition) is 7. The number of unbranched alkanes of at least 4 members (excludes halogenated alkanes) is 2. The minimum absolute atomic E-state index is 0.173. The summed E-state index contributed by atoms with van der Waals surface area (Å²) in [5, 5.41) is 0. The molecule has 2 aliphatic heterocycles. The third kappa shape index (κ3) is 7.80. The Morgan fingerprint density at radius 1 is 0.907 bits per heavy atom. The van der Waals surface area contributed by atoms with Crippen LogP contribution in [-0.4, -0.2) is 57.5 Å². The molecule has 0 saturated carbocycles. The molecule has 0 fully saturated rings. The van der Waals surface area contributed by atoms with Gasteiger partial charge in [-0.05, 0) is 50.8 Å². The lowest BCUT2D eigenvalue weighted by molar-refractivity contribution is -0.438. The maximum absolute atomic E-state index is 11.1. The van der Waals surface area contributed by atoms with Crippen molar-refractivity contribution in [1.29, 1.82) is 0 Å². The molecule has 4 rings (SSSR count). The van der Waals surface area contributed by atoms with E-state index < -0.39 is 21.5 Å². The minimum Gasteiger partial charge on any atom is -0.750 e. The van der Waals surface area contributed by atoms with E-state index in [0.29, 0.717) is 25.8 Å². The molecule has 0 amide bonds. The molecule has 8 nitrogen and oxygen atoms in total. The third-order valence-electron chi connectivity index (χ3n) is 8.31. The Morgan fingerprint density at radius 3 is 2.33 bits per heavy atom. The fraction of sp³-hybridized carbons (Fsp3) is 0.424. The molecule has 0 radical (unpaired) electrons. The number of nitrogens with zero attached hydrogens (tertiary/aromatic N) is 2. The van der Waals surface area contributed by atoms with Crippen molar-refractivity contribution in [3.05, 3.63) is 95.7 Å². The Bertz CT molecular complexity index is 1570. The number of rotatable bonds is 14. The van der Waals surface area contributed by atoms with Crippen molar-refractivity contribution >= 4 is 38.6 Å². The molecular formula is C33H41N2O6S2-. The van der Waals surface area contributed by atoms with Crippen molar-refractivity contribution < 1.29 is 30.5 Å². The monoisotopic (exact) mass is 625 g/mol. The highest BCUT2D eigenvalue weighted by atomic mass is 32.2. The first-order valence-electron chi connectivity index (χ1n) is 14.7. The Balaban J connectivity index is 1.54. The van der Waals surface area contributed by atoms with Crippen molar-refractivity contribution in [2.24, 2.45) is 0 Å². The van der Waals surface area contributed by atoms with Gasteiger partial charge in [0.05, 0.1) is 33.5 Å². The number of allylic oxidation sites excluding steroid dienone is 6. The van der Waals surface area contributed by atoms with Crippen LogP contribution in [0.1, 0.15) is 64.5 Å². The summed E-state index contributed by atoms with van der Waals surface area (Å²) in [7, 11) is -4.22. The van der Waals surface area contributed by atoms with Crippen LogP contribution in [0.4, 0.5) is 11.4 Å². The van der Waals surface area contributed by atoms with Gasteiger partial charge in [-0.2, -0.15) is 4.58 Å². The van der Waals surface area contributed by atoms with Gasteiger partial charge in [0, 0.05) is 53.2 Å². The summed E-state index contributed by atoms with van der Waals surface area (Å²) in [6.45, 7) is 10.4. The highest BCUT2D eigenvalue weighted by molar-refractivity contribution is 7.85. The van der Waals surface area contributed by atoms with Gasteiger partial charge in [-0.1, -0.05) is 68.5 Å². The zero-order chi connectivity index (χ0) is 31.3. The highest BCUT2D eigenvalue weighted by Gasteiger charge is 2.43. The van der Waals surface area contributed by atoms with Crippen LogP contribution in [0.25, 0.3) is 0 Å². The maximum atomic E-state index is 11.1. The minimum atomic E-state index is -4.22. The molecule has 2 aliphatic rings. The van der Waals surface area contributed by atoms with Gasteiger partial charge < -0.3 is 18.2 Å². The first-order chi connectivity index (χ1) is 20.3. The zero-order valence-electron chi connectivity index (χ0n) is 25.3. The standard InChI is InChI=1S/C33H42N2O6S2/c1-32(2)26-16-8-10-18-28(26)34(22-12-14-24-41-42(36)37)30(32)20-6-5-7-21-31-33(3,4)27-17-9-11-19-29(27)35(31)23-13-15-25-43(38,39)40/h5-11,16-21H,12-15,22-25H2,1-4H3,(H-,36,37,38,39,40)/p-1. The van der Waals surface area contributed by atoms with Gasteiger partial charge in [0.15, 0.2) is 5.71 Å². The predicted molar refractivity (Wildman–Crippen MR) is 170 cm³/mol. The van der Waals surface area contributed by atoms with Crippen molar-refractivity contribution in [3.63, 3.8) is 0 Å². The Labute approximate surface area is 258 Å². The lowest BCUT2D eigenvalue weighted by Gasteiger charge is -2.27. The smallest absolute Gasteiger partial charge is 0.209 e. The molecule has 0 bridgehead atoms. The summed E-state index contributed by atoms with van der Waals surface area (Å²) in [6.07, 6.45) is 12.7. The normalized spacial score (nSPS) is 19.1. The number of anilines is 1. The second kappa shape index (κ2) is 13.8. The van der Waals surface area contributed by atoms with Crippen LogP contribution < -0.4 is 4.90 Å². The van der Waals surface area contributed by atoms with Gasteiger partial charge in [-0.3, -0.25) is 0 Å². The quantitative estimate of drug-likeness (QED) is 0.0861. The number of hydrogen-bond donors (Lipinski definition) is 0. The Hall–Kier alpha value is -2.89. The maximum Gasteiger partial charge on any atom is 0.209 e. The molecule has 0 saturated heterocycles. The zero-order valence-corrected chi connectivity index (χ0v) is 27.0.